The number of benzene rings is 1. The van der Waals surface area contributed by atoms with Crippen molar-refractivity contribution in [3.8, 4) is 0 Å². The van der Waals surface area contributed by atoms with Crippen LogP contribution < -0.4 is 5.73 Å². The van der Waals surface area contributed by atoms with Gasteiger partial charge in [0.15, 0.2) is 0 Å². The molecule has 1 unspecified atom stereocenters. The molecule has 1 aromatic carbocycles. The van der Waals surface area contributed by atoms with Crippen LogP contribution in [0.2, 0.25) is 0 Å². The summed E-state index contributed by atoms with van der Waals surface area (Å²) >= 11 is 0. The predicted molar refractivity (Wildman–Crippen MR) is 78.4 cm³/mol. The molecule has 112 valence electrons. The molecule has 2 N–H and O–H groups in total. The van der Waals surface area contributed by atoms with Gasteiger partial charge in [0, 0.05) is 31.0 Å². The van der Waals surface area contributed by atoms with Gasteiger partial charge in [-0.1, -0.05) is 13.8 Å². The lowest BCUT2D eigenvalue weighted by Crippen LogP contribution is -2.15. The number of halogens is 1. The minimum atomic E-state index is -0.606. The van der Waals surface area contributed by atoms with E-state index in [0.717, 1.165) is 11.6 Å². The van der Waals surface area contributed by atoms with Crippen molar-refractivity contribution >= 4 is 5.69 Å². The first kappa shape index (κ1) is 15.2. The van der Waals surface area contributed by atoms with E-state index >= 15 is 0 Å². The van der Waals surface area contributed by atoms with Crippen molar-refractivity contribution in [2.24, 2.45) is 11.7 Å². The molecule has 5 nitrogen and oxygen atoms in total. The van der Waals surface area contributed by atoms with Crippen molar-refractivity contribution in [3.63, 3.8) is 0 Å². The summed E-state index contributed by atoms with van der Waals surface area (Å²) in [5.74, 6) is -0.290. The smallest absolute Gasteiger partial charge is 0.272 e. The molecular weight excluding hydrogens is 273 g/mol. The third kappa shape index (κ3) is 3.66. The summed E-state index contributed by atoms with van der Waals surface area (Å²) in [5, 5.41) is 10.7. The molecule has 0 amide bonds. The SMILES string of the molecule is CC(C)C(N)c1ccn(Cc2cc(F)cc([N+](=O)[O-])c2)c1. The fourth-order valence-corrected chi connectivity index (χ4v) is 2.18. The van der Waals surface area contributed by atoms with Crippen LogP contribution in [0, 0.1) is 21.8 Å². The first-order valence-corrected chi connectivity index (χ1v) is 6.72. The zero-order chi connectivity index (χ0) is 15.6. The van der Waals surface area contributed by atoms with Gasteiger partial charge in [-0.15, -0.1) is 0 Å². The maximum atomic E-state index is 13.4. The van der Waals surface area contributed by atoms with Gasteiger partial charge in [0.05, 0.1) is 11.0 Å². The Morgan fingerprint density at radius 1 is 1.38 bits per heavy atom. The maximum absolute atomic E-state index is 13.4. The van der Waals surface area contributed by atoms with Crippen molar-refractivity contribution in [3.05, 3.63) is 63.7 Å². The largest absolute Gasteiger partial charge is 0.350 e. The number of aromatic nitrogens is 1. The Morgan fingerprint density at radius 2 is 2.10 bits per heavy atom. The standard InChI is InChI=1S/C15H18FN3O2/c1-10(2)15(17)12-3-4-18(9-12)8-11-5-13(16)7-14(6-11)19(20)21/h3-7,9-10,15H,8,17H2,1-2H3. The topological polar surface area (TPSA) is 74.1 Å². The minimum Gasteiger partial charge on any atom is -0.350 e. The van der Waals surface area contributed by atoms with E-state index in [1.165, 1.54) is 12.1 Å². The van der Waals surface area contributed by atoms with E-state index in [1.807, 2.05) is 36.9 Å². The summed E-state index contributed by atoms with van der Waals surface area (Å²) in [6.07, 6.45) is 3.73. The highest BCUT2D eigenvalue weighted by Gasteiger charge is 2.13. The van der Waals surface area contributed by atoms with Gasteiger partial charge in [-0.25, -0.2) is 4.39 Å². The van der Waals surface area contributed by atoms with Gasteiger partial charge < -0.3 is 10.3 Å². The molecule has 0 saturated carbocycles. The summed E-state index contributed by atoms with van der Waals surface area (Å²) in [4.78, 5) is 10.1. The molecule has 0 radical (unpaired) electrons. The number of nitrogens with two attached hydrogens (primary N) is 1. The molecule has 0 aliphatic rings. The van der Waals surface area contributed by atoms with Crippen LogP contribution in [0.3, 0.4) is 0 Å². The molecule has 0 aliphatic heterocycles. The van der Waals surface area contributed by atoms with Gasteiger partial charge in [0.25, 0.3) is 5.69 Å². The molecule has 0 spiro atoms. The molecule has 0 bridgehead atoms. The first-order valence-electron chi connectivity index (χ1n) is 6.72. The highest BCUT2D eigenvalue weighted by Crippen LogP contribution is 2.21. The van der Waals surface area contributed by atoms with Crippen LogP contribution in [0.1, 0.15) is 31.0 Å². The van der Waals surface area contributed by atoms with Gasteiger partial charge >= 0.3 is 0 Å². The quantitative estimate of drug-likeness (QED) is 0.679. The molecule has 0 aliphatic carbocycles. The van der Waals surface area contributed by atoms with Gasteiger partial charge in [-0.2, -0.15) is 0 Å². The number of nitrogens with zero attached hydrogens (tertiary/aromatic N) is 2. The highest BCUT2D eigenvalue weighted by molar-refractivity contribution is 5.35. The van der Waals surface area contributed by atoms with Gasteiger partial charge in [0.1, 0.15) is 5.82 Å². The third-order valence-electron chi connectivity index (χ3n) is 3.39. The monoisotopic (exact) mass is 291 g/mol. The summed E-state index contributed by atoms with van der Waals surface area (Å²) in [7, 11) is 0. The van der Waals surface area contributed by atoms with Crippen LogP contribution >= 0.6 is 0 Å². The third-order valence-corrected chi connectivity index (χ3v) is 3.39. The maximum Gasteiger partial charge on any atom is 0.272 e. The molecule has 6 heteroatoms. The van der Waals surface area contributed by atoms with Crippen LogP contribution in [0.4, 0.5) is 10.1 Å². The Bertz CT molecular complexity index is 652. The van der Waals surface area contributed by atoms with E-state index in [4.69, 9.17) is 5.73 Å². The number of nitro benzene ring substituents is 1. The zero-order valence-electron chi connectivity index (χ0n) is 12.0. The second-order valence-corrected chi connectivity index (χ2v) is 5.46. The van der Waals surface area contributed by atoms with Crippen molar-refractivity contribution in [1.82, 2.24) is 4.57 Å². The molecule has 2 aromatic rings. The van der Waals surface area contributed by atoms with E-state index < -0.39 is 10.7 Å². The fourth-order valence-electron chi connectivity index (χ4n) is 2.18. The Kier molecular flexibility index (Phi) is 4.37. The highest BCUT2D eigenvalue weighted by atomic mass is 19.1. The Balaban J connectivity index is 2.21. The molecule has 0 saturated heterocycles. The lowest BCUT2D eigenvalue weighted by molar-refractivity contribution is -0.385. The zero-order valence-corrected chi connectivity index (χ0v) is 12.0. The number of hydrogen-bond acceptors (Lipinski definition) is 3. The summed E-state index contributed by atoms with van der Waals surface area (Å²) in [6.45, 7) is 4.44. The van der Waals surface area contributed by atoms with Crippen molar-refractivity contribution in [1.29, 1.82) is 0 Å². The van der Waals surface area contributed by atoms with Crippen LogP contribution in [-0.4, -0.2) is 9.49 Å². The van der Waals surface area contributed by atoms with Crippen molar-refractivity contribution in [2.45, 2.75) is 26.4 Å². The molecule has 21 heavy (non-hydrogen) atoms. The Morgan fingerprint density at radius 3 is 2.71 bits per heavy atom. The molecule has 1 heterocycles. The van der Waals surface area contributed by atoms with Gasteiger partial charge in [-0.3, -0.25) is 10.1 Å². The first-order chi connectivity index (χ1) is 9.86. The average molecular weight is 291 g/mol. The number of nitro groups is 1. The predicted octanol–water partition coefficient (Wildman–Crippen LogP) is 3.24. The van der Waals surface area contributed by atoms with Crippen LogP contribution in [0.5, 0.6) is 0 Å². The van der Waals surface area contributed by atoms with Crippen LogP contribution in [0.15, 0.2) is 36.7 Å². The van der Waals surface area contributed by atoms with Crippen molar-refractivity contribution < 1.29 is 9.31 Å². The molecule has 2 rings (SSSR count). The Labute approximate surface area is 122 Å². The average Bonchev–Trinajstić information content (AvgIpc) is 2.85. The van der Waals surface area contributed by atoms with Gasteiger partial charge in [-0.05, 0) is 29.2 Å². The number of rotatable bonds is 5. The fraction of sp³-hybridized carbons (Fsp3) is 0.333. The second kappa shape index (κ2) is 6.05. The van der Waals surface area contributed by atoms with Gasteiger partial charge in [0.2, 0.25) is 0 Å². The van der Waals surface area contributed by atoms with E-state index in [1.54, 1.807) is 0 Å². The van der Waals surface area contributed by atoms with Crippen molar-refractivity contribution in [2.75, 3.05) is 0 Å². The van der Waals surface area contributed by atoms with Crippen LogP contribution in [0.25, 0.3) is 0 Å². The number of non-ortho nitro benzene ring substituents is 1. The summed E-state index contributed by atoms with van der Waals surface area (Å²) < 4.78 is 15.2. The van der Waals surface area contributed by atoms with Crippen LogP contribution in [-0.2, 0) is 6.54 Å². The molecule has 0 fully saturated rings. The molecule has 1 aromatic heterocycles. The lowest BCUT2D eigenvalue weighted by Gasteiger charge is -2.13. The summed E-state index contributed by atoms with van der Waals surface area (Å²) in [6, 6.07) is 5.45. The van der Waals surface area contributed by atoms with E-state index in [2.05, 4.69) is 0 Å². The lowest BCUT2D eigenvalue weighted by atomic mass is 10.00. The minimum absolute atomic E-state index is 0.0619. The van der Waals surface area contributed by atoms with E-state index in [0.29, 0.717) is 18.0 Å². The molecular formula is C15H18FN3O2. The number of hydrogen-bond donors (Lipinski definition) is 1. The van der Waals surface area contributed by atoms with E-state index in [-0.39, 0.29) is 11.7 Å². The summed E-state index contributed by atoms with van der Waals surface area (Å²) in [5.41, 5.74) is 7.37. The van der Waals surface area contributed by atoms with E-state index in [9.17, 15) is 14.5 Å². The second-order valence-electron chi connectivity index (χ2n) is 5.46. The Hall–Kier alpha value is -2.21. The normalized spacial score (nSPS) is 12.6. The molecule has 1 atom stereocenters.